The summed E-state index contributed by atoms with van der Waals surface area (Å²) < 4.78 is 0. The third-order valence-electron chi connectivity index (χ3n) is 3.70. The van der Waals surface area contributed by atoms with Crippen LogP contribution in [0, 0.1) is 6.92 Å². The van der Waals surface area contributed by atoms with E-state index in [1.807, 2.05) is 30.3 Å². The summed E-state index contributed by atoms with van der Waals surface area (Å²) in [6, 6.07) is 18.5. The molecule has 2 aromatic rings. The Labute approximate surface area is 141 Å². The molecule has 3 N–H and O–H groups in total. The number of rotatable bonds is 5. The number of hydrogen-bond donors (Lipinski definition) is 3. The molecule has 1 saturated heterocycles. The van der Waals surface area contributed by atoms with Gasteiger partial charge in [-0.2, -0.15) is 0 Å². The molecule has 0 aromatic heterocycles. The van der Waals surface area contributed by atoms with Gasteiger partial charge in [-0.3, -0.25) is 10.1 Å². The maximum absolute atomic E-state index is 11.9. The van der Waals surface area contributed by atoms with Crippen LogP contribution in [0.15, 0.2) is 59.5 Å². The number of carbonyl (C=O) groups is 1. The first-order valence-corrected chi connectivity index (χ1v) is 8.74. The van der Waals surface area contributed by atoms with Crippen LogP contribution in [0.5, 0.6) is 0 Å². The van der Waals surface area contributed by atoms with Crippen molar-refractivity contribution in [1.82, 2.24) is 10.6 Å². The Morgan fingerprint density at radius 1 is 1.13 bits per heavy atom. The Kier molecular flexibility index (Phi) is 5.20. The van der Waals surface area contributed by atoms with Gasteiger partial charge in [-0.25, -0.2) is 0 Å². The largest absolute Gasteiger partial charge is 0.353 e. The van der Waals surface area contributed by atoms with Gasteiger partial charge in [0.2, 0.25) is 5.91 Å². The fourth-order valence-corrected chi connectivity index (χ4v) is 3.43. The highest BCUT2D eigenvalue weighted by Gasteiger charge is 2.25. The molecule has 5 heteroatoms. The summed E-state index contributed by atoms with van der Waals surface area (Å²) in [5.41, 5.74) is 2.24. The van der Waals surface area contributed by atoms with Gasteiger partial charge in [0.25, 0.3) is 0 Å². The number of carbonyl (C=O) groups excluding carboxylic acids is 1. The third kappa shape index (κ3) is 4.74. The van der Waals surface area contributed by atoms with Crippen molar-refractivity contribution in [2.75, 3.05) is 11.1 Å². The fraction of sp³-hybridized carbons (Fsp3) is 0.278. The number of aryl methyl sites for hydroxylation is 1. The molecule has 0 bridgehead atoms. The SMILES string of the molecule is Cc1ccc(SCC2CC(=O)NC(Nc3ccccc3)N2)cc1. The number of hydrogen-bond acceptors (Lipinski definition) is 4. The average Bonchev–Trinajstić information content (AvgIpc) is 2.55. The minimum absolute atomic E-state index is 0.0756. The predicted molar refractivity (Wildman–Crippen MR) is 95.4 cm³/mol. The summed E-state index contributed by atoms with van der Waals surface area (Å²) in [7, 11) is 0. The van der Waals surface area contributed by atoms with Gasteiger partial charge in [0.05, 0.1) is 0 Å². The second-order valence-electron chi connectivity index (χ2n) is 5.70. The van der Waals surface area contributed by atoms with E-state index in [4.69, 9.17) is 0 Å². The normalized spacial score (nSPS) is 20.8. The van der Waals surface area contributed by atoms with Crippen molar-refractivity contribution in [2.45, 2.75) is 30.6 Å². The van der Waals surface area contributed by atoms with E-state index in [0.29, 0.717) is 6.42 Å². The van der Waals surface area contributed by atoms with Gasteiger partial charge in [0, 0.05) is 28.8 Å². The van der Waals surface area contributed by atoms with Crippen molar-refractivity contribution in [1.29, 1.82) is 0 Å². The van der Waals surface area contributed by atoms with Crippen molar-refractivity contribution in [3.05, 3.63) is 60.2 Å². The Morgan fingerprint density at radius 2 is 1.87 bits per heavy atom. The van der Waals surface area contributed by atoms with Crippen LogP contribution >= 0.6 is 11.8 Å². The molecule has 2 unspecified atom stereocenters. The van der Waals surface area contributed by atoms with Crippen molar-refractivity contribution in [3.63, 3.8) is 0 Å². The zero-order valence-electron chi connectivity index (χ0n) is 13.1. The van der Waals surface area contributed by atoms with Crippen molar-refractivity contribution >= 4 is 23.4 Å². The molecular formula is C18H21N3OS. The van der Waals surface area contributed by atoms with Crippen LogP contribution in [0.2, 0.25) is 0 Å². The van der Waals surface area contributed by atoms with Gasteiger partial charge < -0.3 is 10.6 Å². The number of para-hydroxylation sites is 1. The average molecular weight is 327 g/mol. The van der Waals surface area contributed by atoms with Crippen LogP contribution in [-0.4, -0.2) is 24.0 Å². The van der Waals surface area contributed by atoms with E-state index in [-0.39, 0.29) is 18.2 Å². The van der Waals surface area contributed by atoms with Crippen LogP contribution in [0.1, 0.15) is 12.0 Å². The van der Waals surface area contributed by atoms with E-state index in [2.05, 4.69) is 47.1 Å². The molecule has 3 rings (SSSR count). The number of amides is 1. The molecule has 2 aromatic carbocycles. The molecule has 23 heavy (non-hydrogen) atoms. The van der Waals surface area contributed by atoms with Crippen LogP contribution in [0.25, 0.3) is 0 Å². The first kappa shape index (κ1) is 15.9. The molecule has 1 heterocycles. The maximum Gasteiger partial charge on any atom is 0.224 e. The first-order valence-electron chi connectivity index (χ1n) is 7.75. The maximum atomic E-state index is 11.9. The van der Waals surface area contributed by atoms with Crippen LogP contribution in [-0.2, 0) is 4.79 Å². The second kappa shape index (κ2) is 7.53. The Balaban J connectivity index is 1.55. The number of nitrogens with one attached hydrogen (secondary N) is 3. The van der Waals surface area contributed by atoms with E-state index in [1.54, 1.807) is 11.8 Å². The topological polar surface area (TPSA) is 53.2 Å². The zero-order valence-corrected chi connectivity index (χ0v) is 13.9. The quantitative estimate of drug-likeness (QED) is 0.739. The standard InChI is InChI=1S/C18H21N3OS/c1-13-7-9-16(10-8-13)23-12-15-11-17(22)21-18(20-15)19-14-5-3-2-4-6-14/h2-10,15,18-20H,11-12H2,1H3,(H,21,22). The molecule has 1 aliphatic rings. The van der Waals surface area contributed by atoms with Crippen LogP contribution < -0.4 is 16.0 Å². The lowest BCUT2D eigenvalue weighted by atomic mass is 10.2. The summed E-state index contributed by atoms with van der Waals surface area (Å²) in [5, 5.41) is 9.67. The summed E-state index contributed by atoms with van der Waals surface area (Å²) in [5.74, 6) is 0.940. The smallest absolute Gasteiger partial charge is 0.224 e. The monoisotopic (exact) mass is 327 g/mol. The van der Waals surface area contributed by atoms with Gasteiger partial charge in [-0.05, 0) is 31.2 Å². The predicted octanol–water partition coefficient (Wildman–Crippen LogP) is 2.96. The summed E-state index contributed by atoms with van der Waals surface area (Å²) in [6.45, 7) is 2.08. The minimum Gasteiger partial charge on any atom is -0.353 e. The molecule has 0 aliphatic carbocycles. The van der Waals surface area contributed by atoms with Crippen molar-refractivity contribution in [2.24, 2.45) is 0 Å². The van der Waals surface area contributed by atoms with Gasteiger partial charge in [-0.1, -0.05) is 35.9 Å². The number of benzene rings is 2. The van der Waals surface area contributed by atoms with Crippen LogP contribution in [0.3, 0.4) is 0 Å². The third-order valence-corrected chi connectivity index (χ3v) is 4.87. The van der Waals surface area contributed by atoms with Gasteiger partial charge in [-0.15, -0.1) is 11.8 Å². The van der Waals surface area contributed by atoms with E-state index in [0.717, 1.165) is 11.4 Å². The molecule has 0 spiro atoms. The Bertz CT molecular complexity index is 645. The Morgan fingerprint density at radius 3 is 2.61 bits per heavy atom. The van der Waals surface area contributed by atoms with Crippen molar-refractivity contribution < 1.29 is 4.79 Å². The molecule has 0 radical (unpaired) electrons. The van der Waals surface area contributed by atoms with Gasteiger partial charge in [0.1, 0.15) is 0 Å². The van der Waals surface area contributed by atoms with E-state index >= 15 is 0 Å². The summed E-state index contributed by atoms with van der Waals surface area (Å²) in [6.07, 6.45) is 0.272. The highest BCUT2D eigenvalue weighted by atomic mass is 32.2. The van der Waals surface area contributed by atoms with Gasteiger partial charge in [0.15, 0.2) is 6.29 Å². The van der Waals surface area contributed by atoms with Crippen molar-refractivity contribution in [3.8, 4) is 0 Å². The number of anilines is 1. The second-order valence-corrected chi connectivity index (χ2v) is 6.80. The minimum atomic E-state index is -0.234. The van der Waals surface area contributed by atoms with E-state index < -0.39 is 0 Å². The molecule has 4 nitrogen and oxygen atoms in total. The summed E-state index contributed by atoms with van der Waals surface area (Å²) >= 11 is 1.78. The highest BCUT2D eigenvalue weighted by molar-refractivity contribution is 7.99. The fourth-order valence-electron chi connectivity index (χ4n) is 2.50. The zero-order chi connectivity index (χ0) is 16.1. The highest BCUT2D eigenvalue weighted by Crippen LogP contribution is 2.21. The van der Waals surface area contributed by atoms with E-state index in [9.17, 15) is 4.79 Å². The van der Waals surface area contributed by atoms with E-state index in [1.165, 1.54) is 10.5 Å². The molecule has 0 saturated carbocycles. The summed E-state index contributed by atoms with van der Waals surface area (Å²) in [4.78, 5) is 13.2. The van der Waals surface area contributed by atoms with Gasteiger partial charge >= 0.3 is 0 Å². The lowest BCUT2D eigenvalue weighted by Crippen LogP contribution is -2.60. The lowest BCUT2D eigenvalue weighted by molar-refractivity contribution is -0.123. The molecule has 120 valence electrons. The molecule has 1 aliphatic heterocycles. The molecule has 1 amide bonds. The molecular weight excluding hydrogens is 306 g/mol. The molecule has 1 fully saturated rings. The molecule has 2 atom stereocenters. The lowest BCUT2D eigenvalue weighted by Gasteiger charge is -2.32. The van der Waals surface area contributed by atoms with Crippen LogP contribution in [0.4, 0.5) is 5.69 Å². The Hall–Kier alpha value is -1.98. The first-order chi connectivity index (χ1) is 11.2. The number of thioether (sulfide) groups is 1.